The number of aromatic nitrogens is 2. The number of hydrogen-bond acceptors (Lipinski definition) is 3. The molecule has 0 aliphatic carbocycles. The minimum atomic E-state index is 0.213. The first-order valence-corrected chi connectivity index (χ1v) is 5.14. The second kappa shape index (κ2) is 4.22. The van der Waals surface area contributed by atoms with E-state index in [1.165, 1.54) is 0 Å². The van der Waals surface area contributed by atoms with Crippen LogP contribution in [0.5, 0.6) is 0 Å². The molecule has 0 unspecified atom stereocenters. The predicted molar refractivity (Wildman–Crippen MR) is 65.0 cm³/mol. The highest BCUT2D eigenvalue weighted by atomic mass is 15.2. The van der Waals surface area contributed by atoms with Crippen molar-refractivity contribution in [1.82, 2.24) is 9.38 Å². The average molecular weight is 217 g/mol. The summed E-state index contributed by atoms with van der Waals surface area (Å²) in [6, 6.07) is 5.96. The molecular weight excluding hydrogens is 202 g/mol. The summed E-state index contributed by atoms with van der Waals surface area (Å²) < 4.78 is 2.01. The summed E-state index contributed by atoms with van der Waals surface area (Å²) in [5, 5.41) is 7.22. The Morgan fingerprint density at radius 1 is 1.56 bits per heavy atom. The molecule has 0 radical (unpaired) electrons. The molecule has 0 aliphatic rings. The van der Waals surface area contributed by atoms with Gasteiger partial charge in [-0.15, -0.1) is 0 Å². The van der Waals surface area contributed by atoms with E-state index in [0.29, 0.717) is 6.42 Å². The predicted octanol–water partition coefficient (Wildman–Crippen LogP) is 1.10. The Labute approximate surface area is 94.0 Å². The van der Waals surface area contributed by atoms with Gasteiger partial charge in [-0.05, 0) is 12.1 Å². The zero-order chi connectivity index (χ0) is 11.5. The van der Waals surface area contributed by atoms with Crippen molar-refractivity contribution >= 4 is 17.3 Å². The van der Waals surface area contributed by atoms with Gasteiger partial charge in [0.05, 0.1) is 5.84 Å². The van der Waals surface area contributed by atoms with Gasteiger partial charge in [0.1, 0.15) is 11.5 Å². The van der Waals surface area contributed by atoms with Crippen molar-refractivity contribution in [1.29, 1.82) is 5.41 Å². The quantitative estimate of drug-likeness (QED) is 0.595. The highest BCUT2D eigenvalue weighted by Gasteiger charge is 2.05. The number of anilines is 1. The average Bonchev–Trinajstić information content (AvgIpc) is 2.73. The van der Waals surface area contributed by atoms with Crippen LogP contribution >= 0.6 is 0 Å². The number of rotatable bonds is 4. The lowest BCUT2D eigenvalue weighted by Gasteiger charge is -2.20. The van der Waals surface area contributed by atoms with Gasteiger partial charge in [0, 0.05) is 32.4 Å². The highest BCUT2D eigenvalue weighted by molar-refractivity contribution is 5.77. The number of nitrogens with zero attached hydrogens (tertiary/aromatic N) is 3. The summed E-state index contributed by atoms with van der Waals surface area (Å²) in [5.41, 5.74) is 6.27. The van der Waals surface area contributed by atoms with Crippen molar-refractivity contribution in [3.63, 3.8) is 0 Å². The molecule has 5 heteroatoms. The summed E-state index contributed by atoms with van der Waals surface area (Å²) in [6.45, 7) is 0.729. The Balaban J connectivity index is 2.25. The molecule has 0 aliphatic heterocycles. The highest BCUT2D eigenvalue weighted by Crippen LogP contribution is 2.14. The first kappa shape index (κ1) is 10.5. The van der Waals surface area contributed by atoms with Gasteiger partial charge in [0.2, 0.25) is 0 Å². The minimum Gasteiger partial charge on any atom is -0.388 e. The largest absolute Gasteiger partial charge is 0.388 e. The van der Waals surface area contributed by atoms with Gasteiger partial charge >= 0.3 is 0 Å². The third kappa shape index (κ3) is 1.98. The molecule has 16 heavy (non-hydrogen) atoms. The van der Waals surface area contributed by atoms with Crippen LogP contribution < -0.4 is 10.6 Å². The minimum absolute atomic E-state index is 0.213. The molecule has 84 valence electrons. The van der Waals surface area contributed by atoms with Crippen LogP contribution in [-0.4, -0.2) is 28.8 Å². The van der Waals surface area contributed by atoms with E-state index in [2.05, 4.69) is 9.88 Å². The lowest BCUT2D eigenvalue weighted by atomic mass is 10.3. The second-order valence-electron chi connectivity index (χ2n) is 3.74. The summed E-state index contributed by atoms with van der Waals surface area (Å²) >= 11 is 0. The van der Waals surface area contributed by atoms with Crippen molar-refractivity contribution in [3.05, 3.63) is 30.6 Å². The van der Waals surface area contributed by atoms with Crippen LogP contribution in [0.15, 0.2) is 30.6 Å². The lowest BCUT2D eigenvalue weighted by molar-refractivity contribution is 0.877. The number of pyridine rings is 1. The van der Waals surface area contributed by atoms with Crippen molar-refractivity contribution in [2.24, 2.45) is 5.73 Å². The molecule has 0 aromatic carbocycles. The normalized spacial score (nSPS) is 10.6. The van der Waals surface area contributed by atoms with Crippen molar-refractivity contribution in [3.8, 4) is 0 Å². The molecule has 0 fully saturated rings. The fourth-order valence-electron chi connectivity index (χ4n) is 1.65. The van der Waals surface area contributed by atoms with E-state index in [9.17, 15) is 0 Å². The van der Waals surface area contributed by atoms with E-state index in [4.69, 9.17) is 11.1 Å². The van der Waals surface area contributed by atoms with Crippen LogP contribution in [0.3, 0.4) is 0 Å². The molecule has 0 saturated heterocycles. The Kier molecular flexibility index (Phi) is 2.76. The molecule has 2 aromatic rings. The van der Waals surface area contributed by atoms with Crippen LogP contribution in [0.4, 0.5) is 5.82 Å². The Hall–Kier alpha value is -2.04. The standard InChI is InChI=1S/C11H15N5/c1-15(7-5-9(12)13)11-4-2-3-10-14-6-8-16(10)11/h2-4,6,8H,5,7H2,1H3,(H3,12,13). The summed E-state index contributed by atoms with van der Waals surface area (Å²) in [6.07, 6.45) is 4.27. The van der Waals surface area contributed by atoms with E-state index in [-0.39, 0.29) is 5.84 Å². The van der Waals surface area contributed by atoms with E-state index < -0.39 is 0 Å². The molecule has 0 saturated carbocycles. The maximum atomic E-state index is 7.22. The first-order chi connectivity index (χ1) is 7.68. The summed E-state index contributed by atoms with van der Waals surface area (Å²) in [7, 11) is 1.98. The number of imidazole rings is 1. The van der Waals surface area contributed by atoms with E-state index in [1.54, 1.807) is 6.20 Å². The summed E-state index contributed by atoms with van der Waals surface area (Å²) in [5.74, 6) is 1.26. The third-order valence-electron chi connectivity index (χ3n) is 2.51. The van der Waals surface area contributed by atoms with Gasteiger partial charge in [-0.1, -0.05) is 6.07 Å². The number of amidine groups is 1. The Morgan fingerprint density at radius 2 is 2.38 bits per heavy atom. The van der Waals surface area contributed by atoms with Crippen LogP contribution in [0, 0.1) is 5.41 Å². The van der Waals surface area contributed by atoms with Crippen molar-refractivity contribution in [2.75, 3.05) is 18.5 Å². The monoisotopic (exact) mass is 217 g/mol. The van der Waals surface area contributed by atoms with Crippen molar-refractivity contribution < 1.29 is 0 Å². The first-order valence-electron chi connectivity index (χ1n) is 5.14. The molecule has 2 rings (SSSR count). The van der Waals surface area contributed by atoms with Crippen LogP contribution in [0.2, 0.25) is 0 Å². The second-order valence-corrected chi connectivity index (χ2v) is 3.74. The van der Waals surface area contributed by atoms with Crippen LogP contribution in [0.25, 0.3) is 5.65 Å². The van der Waals surface area contributed by atoms with Gasteiger partial charge in [0.15, 0.2) is 0 Å². The number of nitrogens with two attached hydrogens (primary N) is 1. The molecule has 3 N–H and O–H groups in total. The number of nitrogens with one attached hydrogen (secondary N) is 1. The van der Waals surface area contributed by atoms with Crippen LogP contribution in [-0.2, 0) is 0 Å². The molecule has 5 nitrogen and oxygen atoms in total. The third-order valence-corrected chi connectivity index (χ3v) is 2.51. The van der Waals surface area contributed by atoms with Crippen molar-refractivity contribution in [2.45, 2.75) is 6.42 Å². The topological polar surface area (TPSA) is 70.4 Å². The molecule has 2 heterocycles. The lowest BCUT2D eigenvalue weighted by Crippen LogP contribution is -2.25. The molecular formula is C11H15N5. The zero-order valence-electron chi connectivity index (χ0n) is 9.22. The maximum Gasteiger partial charge on any atom is 0.138 e. The van der Waals surface area contributed by atoms with Gasteiger partial charge in [-0.25, -0.2) is 4.98 Å². The molecule has 0 atom stereocenters. The molecule has 2 aromatic heterocycles. The van der Waals surface area contributed by atoms with E-state index in [0.717, 1.165) is 18.0 Å². The van der Waals surface area contributed by atoms with Crippen LogP contribution in [0.1, 0.15) is 6.42 Å². The molecule has 0 bridgehead atoms. The Morgan fingerprint density at radius 3 is 3.12 bits per heavy atom. The Bertz CT molecular complexity index is 502. The SMILES string of the molecule is CN(CCC(=N)N)c1cccc2nccn12. The fourth-order valence-corrected chi connectivity index (χ4v) is 1.65. The summed E-state index contributed by atoms with van der Waals surface area (Å²) in [4.78, 5) is 6.29. The maximum absolute atomic E-state index is 7.22. The fraction of sp³-hybridized carbons (Fsp3) is 0.273. The number of hydrogen-bond donors (Lipinski definition) is 2. The van der Waals surface area contributed by atoms with E-state index in [1.807, 2.05) is 35.8 Å². The van der Waals surface area contributed by atoms with E-state index >= 15 is 0 Å². The van der Waals surface area contributed by atoms with Gasteiger partial charge in [-0.3, -0.25) is 9.81 Å². The molecule has 0 spiro atoms. The van der Waals surface area contributed by atoms with Gasteiger partial charge < -0.3 is 10.6 Å². The molecule has 0 amide bonds. The van der Waals surface area contributed by atoms with Gasteiger partial charge in [-0.2, -0.15) is 0 Å². The number of fused-ring (bicyclic) bond motifs is 1. The zero-order valence-corrected chi connectivity index (χ0v) is 9.22. The van der Waals surface area contributed by atoms with Gasteiger partial charge in [0.25, 0.3) is 0 Å². The smallest absolute Gasteiger partial charge is 0.138 e.